The molecule has 0 aliphatic rings. The van der Waals surface area contributed by atoms with E-state index in [1.807, 2.05) is 0 Å². The van der Waals surface area contributed by atoms with E-state index in [1.54, 1.807) is 12.5 Å². The summed E-state index contributed by atoms with van der Waals surface area (Å²) in [5, 5.41) is 8.02. The number of nitrogens with zero attached hydrogens (tertiary/aromatic N) is 1. The number of aromatic nitrogens is 1. The molecule has 2 aromatic rings. The first kappa shape index (κ1) is 19.4. The van der Waals surface area contributed by atoms with E-state index in [9.17, 15) is 18.0 Å². The molecule has 25 heavy (non-hydrogen) atoms. The van der Waals surface area contributed by atoms with Crippen molar-refractivity contribution in [2.24, 2.45) is 0 Å². The van der Waals surface area contributed by atoms with E-state index in [1.165, 1.54) is 23.5 Å². The molecule has 1 aromatic heterocycles. The average molecular weight is 373 g/mol. The van der Waals surface area contributed by atoms with Gasteiger partial charge in [0, 0.05) is 24.6 Å². The van der Waals surface area contributed by atoms with Gasteiger partial charge in [-0.2, -0.15) is 13.2 Å². The first-order valence-electron chi connectivity index (χ1n) is 7.48. The van der Waals surface area contributed by atoms with E-state index in [0.29, 0.717) is 29.4 Å². The Balaban J connectivity index is 1.86. The lowest BCUT2D eigenvalue weighted by atomic mass is 10.1. The van der Waals surface area contributed by atoms with Gasteiger partial charge in [0.25, 0.3) is 0 Å². The smallest absolute Gasteiger partial charge is 0.383 e. The predicted octanol–water partition coefficient (Wildman–Crippen LogP) is 2.68. The Kier molecular flexibility index (Phi) is 6.91. The fourth-order valence-corrected chi connectivity index (χ4v) is 2.78. The number of alkyl halides is 3. The number of thiazole rings is 1. The number of amides is 1. The number of hydrogen-bond acceptors (Lipinski definition) is 5. The molecule has 0 aliphatic carbocycles. The molecular formula is C16H18F3N3O2S. The first-order chi connectivity index (χ1) is 11.9. The zero-order chi connectivity index (χ0) is 18.3. The number of carbonyl (C=O) groups excluding carboxylic acids is 1. The minimum absolute atomic E-state index is 0.166. The van der Waals surface area contributed by atoms with Crippen LogP contribution in [-0.4, -0.2) is 37.7 Å². The molecule has 0 fully saturated rings. The lowest BCUT2D eigenvalue weighted by Gasteiger charge is -2.06. The van der Waals surface area contributed by atoms with Crippen LogP contribution < -0.4 is 10.6 Å². The van der Waals surface area contributed by atoms with Crippen molar-refractivity contribution in [2.45, 2.75) is 12.7 Å². The van der Waals surface area contributed by atoms with Gasteiger partial charge in [0.15, 0.2) is 0 Å². The van der Waals surface area contributed by atoms with Crippen LogP contribution in [0.5, 0.6) is 0 Å². The van der Waals surface area contributed by atoms with E-state index in [-0.39, 0.29) is 19.0 Å². The number of carbonyl (C=O) groups is 1. The summed E-state index contributed by atoms with van der Waals surface area (Å²) in [6.07, 6.45) is -4.35. The van der Waals surface area contributed by atoms with Crippen LogP contribution in [0.4, 0.5) is 13.2 Å². The lowest BCUT2D eigenvalue weighted by molar-refractivity contribution is -0.137. The summed E-state index contributed by atoms with van der Waals surface area (Å²) in [5.74, 6) is -0.166. The molecule has 2 N–H and O–H groups in total. The molecule has 0 saturated heterocycles. The van der Waals surface area contributed by atoms with Gasteiger partial charge < -0.3 is 15.4 Å². The first-order valence-corrected chi connectivity index (χ1v) is 8.36. The summed E-state index contributed by atoms with van der Waals surface area (Å²) < 4.78 is 42.6. The highest BCUT2D eigenvalue weighted by atomic mass is 32.1. The number of rotatable bonds is 8. The molecule has 1 heterocycles. The van der Waals surface area contributed by atoms with E-state index in [0.717, 1.165) is 12.1 Å². The van der Waals surface area contributed by atoms with E-state index < -0.39 is 11.7 Å². The molecule has 9 heteroatoms. The third-order valence-electron chi connectivity index (χ3n) is 3.25. The number of benzene rings is 1. The summed E-state index contributed by atoms with van der Waals surface area (Å²) in [7, 11) is 1.58. The summed E-state index contributed by atoms with van der Waals surface area (Å²) in [5.41, 5.74) is 0.572. The summed E-state index contributed by atoms with van der Waals surface area (Å²) in [4.78, 5) is 16.0. The van der Waals surface area contributed by atoms with Crippen LogP contribution in [0.1, 0.15) is 11.3 Å². The quantitative estimate of drug-likeness (QED) is 0.699. The van der Waals surface area contributed by atoms with Crippen molar-refractivity contribution in [1.82, 2.24) is 15.6 Å². The number of methoxy groups -OCH3 is 1. The second-order valence-electron chi connectivity index (χ2n) is 5.17. The molecule has 1 amide bonds. The zero-order valence-corrected chi connectivity index (χ0v) is 14.3. The van der Waals surface area contributed by atoms with Crippen molar-refractivity contribution < 1.29 is 22.7 Å². The normalized spacial score (nSPS) is 11.5. The van der Waals surface area contributed by atoms with Crippen LogP contribution in [0.2, 0.25) is 0 Å². The lowest BCUT2D eigenvalue weighted by Crippen LogP contribution is -2.34. The van der Waals surface area contributed by atoms with Gasteiger partial charge in [-0.3, -0.25) is 4.79 Å². The molecule has 0 bridgehead atoms. The molecule has 0 spiro atoms. The minimum Gasteiger partial charge on any atom is -0.383 e. The van der Waals surface area contributed by atoms with E-state index >= 15 is 0 Å². The number of ether oxygens (including phenoxy) is 1. The number of halogens is 3. The maximum atomic E-state index is 12.6. The van der Waals surface area contributed by atoms with Crippen LogP contribution in [0, 0.1) is 0 Å². The summed E-state index contributed by atoms with van der Waals surface area (Å²) >= 11 is 1.32. The van der Waals surface area contributed by atoms with Crippen molar-refractivity contribution in [2.75, 3.05) is 26.8 Å². The molecule has 0 aliphatic heterocycles. The molecule has 5 nitrogen and oxygen atoms in total. The van der Waals surface area contributed by atoms with E-state index in [2.05, 4.69) is 15.6 Å². The van der Waals surface area contributed by atoms with Crippen LogP contribution in [0.3, 0.4) is 0 Å². The minimum atomic E-state index is -4.35. The Morgan fingerprint density at radius 1 is 1.28 bits per heavy atom. The van der Waals surface area contributed by atoms with Gasteiger partial charge in [0.1, 0.15) is 5.01 Å². The third-order valence-corrected chi connectivity index (χ3v) is 4.19. The molecule has 2 rings (SSSR count). The highest BCUT2D eigenvalue weighted by Crippen LogP contribution is 2.31. The molecule has 1 aromatic carbocycles. The van der Waals surface area contributed by atoms with Gasteiger partial charge in [-0.25, -0.2) is 4.98 Å². The standard InChI is InChI=1S/C16H18F3N3O2S/c1-24-7-6-20-9-14(23)21-8-13-10-25-15(22-13)11-2-4-12(5-3-11)16(17,18)19/h2-5,10,20H,6-9H2,1H3,(H,21,23). The van der Waals surface area contributed by atoms with Crippen molar-refractivity contribution >= 4 is 17.2 Å². The van der Waals surface area contributed by atoms with Gasteiger partial charge in [-0.15, -0.1) is 11.3 Å². The van der Waals surface area contributed by atoms with Gasteiger partial charge in [0.05, 0.1) is 31.0 Å². The van der Waals surface area contributed by atoms with E-state index in [4.69, 9.17) is 4.74 Å². The topological polar surface area (TPSA) is 63.2 Å². The SMILES string of the molecule is COCCNCC(=O)NCc1csc(-c2ccc(C(F)(F)F)cc2)n1. The third kappa shape index (κ3) is 6.11. The van der Waals surface area contributed by atoms with Crippen molar-refractivity contribution in [3.8, 4) is 10.6 Å². The molecular weight excluding hydrogens is 355 g/mol. The largest absolute Gasteiger partial charge is 0.416 e. The van der Waals surface area contributed by atoms with Crippen LogP contribution in [0.15, 0.2) is 29.6 Å². The Hall–Kier alpha value is -1.97. The maximum Gasteiger partial charge on any atom is 0.416 e. The Morgan fingerprint density at radius 3 is 2.64 bits per heavy atom. The highest BCUT2D eigenvalue weighted by Gasteiger charge is 2.30. The molecule has 0 atom stereocenters. The van der Waals surface area contributed by atoms with Crippen LogP contribution in [0.25, 0.3) is 10.6 Å². The van der Waals surface area contributed by atoms with Gasteiger partial charge in [-0.1, -0.05) is 12.1 Å². The molecule has 0 saturated carbocycles. The van der Waals surface area contributed by atoms with Crippen LogP contribution >= 0.6 is 11.3 Å². The van der Waals surface area contributed by atoms with Crippen molar-refractivity contribution in [3.05, 3.63) is 40.9 Å². The average Bonchev–Trinajstić information content (AvgIpc) is 3.05. The Morgan fingerprint density at radius 2 is 2.00 bits per heavy atom. The van der Waals surface area contributed by atoms with Gasteiger partial charge in [-0.05, 0) is 12.1 Å². The summed E-state index contributed by atoms with van der Waals surface area (Å²) in [6, 6.07) is 4.85. The zero-order valence-electron chi connectivity index (χ0n) is 13.5. The van der Waals surface area contributed by atoms with Gasteiger partial charge >= 0.3 is 6.18 Å². The second-order valence-corrected chi connectivity index (χ2v) is 6.02. The van der Waals surface area contributed by atoms with Crippen LogP contribution in [-0.2, 0) is 22.3 Å². The predicted molar refractivity (Wildman–Crippen MR) is 89.1 cm³/mol. The number of nitrogens with one attached hydrogen (secondary N) is 2. The Bertz CT molecular complexity index is 687. The van der Waals surface area contributed by atoms with Crippen molar-refractivity contribution in [1.29, 1.82) is 0 Å². The van der Waals surface area contributed by atoms with Crippen molar-refractivity contribution in [3.63, 3.8) is 0 Å². The second kappa shape index (κ2) is 8.93. The summed E-state index contributed by atoms with van der Waals surface area (Å²) in [6.45, 7) is 1.55. The fourth-order valence-electron chi connectivity index (χ4n) is 1.95. The molecule has 136 valence electrons. The number of hydrogen-bond donors (Lipinski definition) is 2. The highest BCUT2D eigenvalue weighted by molar-refractivity contribution is 7.13. The monoisotopic (exact) mass is 373 g/mol. The maximum absolute atomic E-state index is 12.6. The fraction of sp³-hybridized carbons (Fsp3) is 0.375. The Labute approximate surface area is 147 Å². The molecule has 0 radical (unpaired) electrons. The van der Waals surface area contributed by atoms with Gasteiger partial charge in [0.2, 0.25) is 5.91 Å². The molecule has 0 unspecified atom stereocenters.